The quantitative estimate of drug-likeness (QED) is 0.105. The van der Waals surface area contributed by atoms with Gasteiger partial charge in [0.05, 0.1) is 0 Å². The van der Waals surface area contributed by atoms with Crippen LogP contribution in [-0.2, 0) is 15.1 Å². The van der Waals surface area contributed by atoms with Gasteiger partial charge in [-0.15, -0.1) is 0 Å². The van der Waals surface area contributed by atoms with Crippen LogP contribution in [0.3, 0.4) is 0 Å². The average Bonchev–Trinajstić information content (AvgIpc) is 2.73. The van der Waals surface area contributed by atoms with Gasteiger partial charge in [-0.05, 0) is 0 Å². The molecule has 0 atom stereocenters. The fourth-order valence-corrected chi connectivity index (χ4v) is 7.51. The molecule has 5 heteroatoms. The van der Waals surface area contributed by atoms with E-state index < -0.39 is 14.6 Å². The van der Waals surface area contributed by atoms with Crippen LogP contribution in [0.25, 0.3) is 0 Å². The van der Waals surface area contributed by atoms with E-state index in [0.717, 1.165) is 25.7 Å². The van der Waals surface area contributed by atoms with Crippen molar-refractivity contribution in [2.24, 2.45) is 0 Å². The minimum atomic E-state index is -3.64. The van der Waals surface area contributed by atoms with E-state index in [9.17, 15) is 0 Å². The second-order valence-electron chi connectivity index (χ2n) is 8.14. The number of hydrogen-bond donors (Lipinski definition) is 0. The van der Waals surface area contributed by atoms with Gasteiger partial charge >= 0.3 is 187 Å². The van der Waals surface area contributed by atoms with E-state index in [2.05, 4.69) is 27.7 Å². The van der Waals surface area contributed by atoms with E-state index in [1.54, 1.807) is 0 Å². The third kappa shape index (κ3) is 18.8. The molecule has 176 valence electrons. The Morgan fingerprint density at radius 1 is 0.345 bits per heavy atom. The van der Waals surface area contributed by atoms with E-state index in [-0.39, 0.29) is 0 Å². The van der Waals surface area contributed by atoms with E-state index in [1.165, 1.54) is 77.0 Å². The summed E-state index contributed by atoms with van der Waals surface area (Å²) < 4.78 is 25.3. The van der Waals surface area contributed by atoms with E-state index in [0.29, 0.717) is 26.4 Å². The van der Waals surface area contributed by atoms with Crippen molar-refractivity contribution in [1.82, 2.24) is 0 Å². The molecule has 0 bridgehead atoms. The molecule has 29 heavy (non-hydrogen) atoms. The Kier molecular flexibility index (Phi) is 23.4. The Bertz CT molecular complexity index is 254. The summed E-state index contributed by atoms with van der Waals surface area (Å²) in [7, 11) is 0. The van der Waals surface area contributed by atoms with Crippen LogP contribution in [0.5, 0.6) is 0 Å². The van der Waals surface area contributed by atoms with E-state index in [1.807, 2.05) is 0 Å². The van der Waals surface area contributed by atoms with Crippen LogP contribution in [0.1, 0.15) is 130 Å². The van der Waals surface area contributed by atoms with Gasteiger partial charge in [-0.2, -0.15) is 0 Å². The molecule has 0 N–H and O–H groups in total. The summed E-state index contributed by atoms with van der Waals surface area (Å²) in [5.41, 5.74) is 0. The molecule has 0 aliphatic heterocycles. The van der Waals surface area contributed by atoms with Crippen molar-refractivity contribution >= 4 is 14.6 Å². The van der Waals surface area contributed by atoms with Crippen LogP contribution in [0.2, 0.25) is 0 Å². The first-order valence-electron chi connectivity index (χ1n) is 12.8. The van der Waals surface area contributed by atoms with E-state index >= 15 is 0 Å². The molecule has 0 aromatic carbocycles. The second kappa shape index (κ2) is 23.1. The fraction of sp³-hybridized carbons (Fsp3) is 1.00. The Balaban J connectivity index is 4.69. The van der Waals surface area contributed by atoms with Gasteiger partial charge in [0.2, 0.25) is 0 Å². The van der Waals surface area contributed by atoms with Crippen LogP contribution >= 0.6 is 0 Å². The fourth-order valence-electron chi connectivity index (χ4n) is 3.15. The van der Waals surface area contributed by atoms with E-state index in [4.69, 9.17) is 15.1 Å². The van der Waals surface area contributed by atoms with Crippen LogP contribution in [-0.4, -0.2) is 41.0 Å². The Morgan fingerprint density at radius 3 is 0.793 bits per heavy atom. The van der Waals surface area contributed by atoms with Crippen molar-refractivity contribution in [3.63, 3.8) is 0 Å². The van der Waals surface area contributed by atoms with Gasteiger partial charge < -0.3 is 0 Å². The molecule has 0 unspecified atom stereocenters. The molecular weight excluding hydrogens is 425 g/mol. The number of unbranched alkanes of at least 4 members (excludes halogenated alkanes) is 12. The van der Waals surface area contributed by atoms with Gasteiger partial charge in [-0.25, -0.2) is 0 Å². The van der Waals surface area contributed by atoms with Crippen molar-refractivity contribution in [3.8, 4) is 0 Å². The summed E-state index contributed by atoms with van der Waals surface area (Å²) in [4.78, 5) is 0. The third-order valence-corrected chi connectivity index (χ3v) is 9.79. The van der Waals surface area contributed by atoms with Crippen molar-refractivity contribution in [1.29, 1.82) is 0 Å². The predicted octanol–water partition coefficient (Wildman–Crippen LogP) is 7.81. The third-order valence-electron chi connectivity index (χ3n) is 5.11. The summed E-state index contributed by atoms with van der Waals surface area (Å²) in [6.45, 7) is 11.8. The summed E-state index contributed by atoms with van der Waals surface area (Å²) >= 11 is -3.64. The first-order valence-corrected chi connectivity index (χ1v) is 16.2. The molecule has 0 aliphatic rings. The number of rotatable bonds is 24. The van der Waals surface area contributed by atoms with Crippen LogP contribution in [0.15, 0.2) is 0 Å². The maximum absolute atomic E-state index is 6.32. The topological polar surface area (TPSA) is 36.9 Å². The average molecular weight is 477 g/mol. The molecule has 4 nitrogen and oxygen atoms in total. The summed E-state index contributed by atoms with van der Waals surface area (Å²) in [5.74, 6) is 0. The van der Waals surface area contributed by atoms with Gasteiger partial charge in [-0.3, -0.25) is 0 Å². The molecule has 0 amide bonds. The molecule has 0 spiro atoms. The molecule has 0 saturated heterocycles. The summed E-state index contributed by atoms with van der Waals surface area (Å²) in [6.07, 6.45) is 19.1. The van der Waals surface area contributed by atoms with Gasteiger partial charge in [-0.1, -0.05) is 0 Å². The first-order chi connectivity index (χ1) is 14.2. The normalized spacial score (nSPS) is 12.0. The Labute approximate surface area is 186 Å². The molecule has 0 aromatic heterocycles. The van der Waals surface area contributed by atoms with Gasteiger partial charge in [0, 0.05) is 0 Å². The minimum absolute atomic E-state index is 0.707. The molecule has 0 aliphatic carbocycles. The van der Waals surface area contributed by atoms with Crippen LogP contribution < -0.4 is 0 Å². The molecule has 0 rings (SSSR count). The zero-order chi connectivity index (χ0) is 21.5. The molecule has 0 saturated carbocycles. The molecule has 0 aromatic rings. The van der Waals surface area contributed by atoms with Crippen LogP contribution in [0, 0.1) is 0 Å². The summed E-state index contributed by atoms with van der Waals surface area (Å²) in [6, 6.07) is 0. The zero-order valence-corrected chi connectivity index (χ0v) is 22.4. The standard InChI is InChI=1S/C24H52GeO4/c1-5-9-13-17-21-26-25(27-22-18-14-10-6-2,28-23-19-15-11-7-3)29-24-20-16-12-8-4/h5-24H2,1-4H3. The second-order valence-corrected chi connectivity index (χ2v) is 12.7. The summed E-state index contributed by atoms with van der Waals surface area (Å²) in [5, 5.41) is 0. The van der Waals surface area contributed by atoms with Crippen molar-refractivity contribution in [2.45, 2.75) is 130 Å². The van der Waals surface area contributed by atoms with Gasteiger partial charge in [0.15, 0.2) is 0 Å². The first kappa shape index (κ1) is 29.4. The maximum atomic E-state index is 6.32. The van der Waals surface area contributed by atoms with Gasteiger partial charge in [0.1, 0.15) is 0 Å². The molecular formula is C24H52GeO4. The zero-order valence-electron chi connectivity index (χ0n) is 20.3. The van der Waals surface area contributed by atoms with Gasteiger partial charge in [0.25, 0.3) is 0 Å². The molecule has 0 fully saturated rings. The number of hydrogen-bond acceptors (Lipinski definition) is 4. The monoisotopic (exact) mass is 478 g/mol. The Hall–Kier alpha value is 0.383. The van der Waals surface area contributed by atoms with Crippen molar-refractivity contribution in [2.75, 3.05) is 26.4 Å². The Morgan fingerprint density at radius 2 is 0.586 bits per heavy atom. The molecule has 0 heterocycles. The predicted molar refractivity (Wildman–Crippen MR) is 126 cm³/mol. The van der Waals surface area contributed by atoms with Crippen LogP contribution in [0.4, 0.5) is 0 Å². The SMILES string of the molecule is CCCCCC[O][Ge]([O]CCCCCC)([O]CCCCCC)[O]CCCCCC. The van der Waals surface area contributed by atoms with Crippen molar-refractivity contribution in [3.05, 3.63) is 0 Å². The van der Waals surface area contributed by atoms with Crippen molar-refractivity contribution < 1.29 is 15.1 Å². The molecule has 0 radical (unpaired) electrons.